The van der Waals surface area contributed by atoms with Gasteiger partial charge in [-0.3, -0.25) is 4.79 Å². The van der Waals surface area contributed by atoms with Gasteiger partial charge in [0.1, 0.15) is 5.82 Å². The number of carbonyl (C=O) groups excluding carboxylic acids is 1. The monoisotopic (exact) mass is 273 g/mol. The van der Waals surface area contributed by atoms with E-state index in [0.29, 0.717) is 12.1 Å². The molecular formula is C13H17ClFNO2. The molecule has 0 aliphatic carbocycles. The lowest BCUT2D eigenvalue weighted by molar-refractivity contribution is 0.0314. The van der Waals surface area contributed by atoms with Crippen molar-refractivity contribution < 1.29 is 14.3 Å². The van der Waals surface area contributed by atoms with Gasteiger partial charge in [-0.1, -0.05) is 11.6 Å². The van der Waals surface area contributed by atoms with Crippen LogP contribution in [-0.2, 0) is 0 Å². The normalized spacial score (nSPS) is 11.4. The fourth-order valence-corrected chi connectivity index (χ4v) is 1.79. The van der Waals surface area contributed by atoms with Crippen molar-refractivity contribution in [3.63, 3.8) is 0 Å². The molecule has 1 aromatic rings. The second-order valence-corrected chi connectivity index (χ2v) is 5.17. The van der Waals surface area contributed by atoms with E-state index in [-0.39, 0.29) is 17.5 Å². The summed E-state index contributed by atoms with van der Waals surface area (Å²) in [6.45, 7) is 5.73. The number of benzene rings is 1. The van der Waals surface area contributed by atoms with Crippen LogP contribution in [0.15, 0.2) is 18.2 Å². The molecule has 3 nitrogen and oxygen atoms in total. The highest BCUT2D eigenvalue weighted by molar-refractivity contribution is 6.31. The first-order valence-corrected chi connectivity index (χ1v) is 6.09. The van der Waals surface area contributed by atoms with E-state index in [9.17, 15) is 14.3 Å². The minimum absolute atomic E-state index is 0.0832. The third-order valence-electron chi connectivity index (χ3n) is 2.41. The first-order chi connectivity index (χ1) is 8.24. The van der Waals surface area contributed by atoms with E-state index in [4.69, 9.17) is 11.6 Å². The molecule has 0 radical (unpaired) electrons. The summed E-state index contributed by atoms with van der Waals surface area (Å²) in [4.78, 5) is 13.6. The Morgan fingerprint density at radius 3 is 2.56 bits per heavy atom. The first kappa shape index (κ1) is 14.9. The summed E-state index contributed by atoms with van der Waals surface area (Å²) in [7, 11) is 0. The number of likely N-dealkylation sites (N-methyl/N-ethyl adjacent to an activating group) is 1. The fraction of sp³-hybridized carbons (Fsp3) is 0.462. The number of hydrogen-bond donors (Lipinski definition) is 1. The molecule has 5 heteroatoms. The molecule has 18 heavy (non-hydrogen) atoms. The molecule has 100 valence electrons. The van der Waals surface area contributed by atoms with Gasteiger partial charge in [0.15, 0.2) is 0 Å². The number of nitrogens with zero attached hydrogens (tertiary/aromatic N) is 1. The zero-order valence-corrected chi connectivity index (χ0v) is 11.5. The van der Waals surface area contributed by atoms with Crippen LogP contribution in [0.3, 0.4) is 0 Å². The topological polar surface area (TPSA) is 40.5 Å². The molecule has 0 unspecified atom stereocenters. The van der Waals surface area contributed by atoms with Crippen molar-refractivity contribution in [2.24, 2.45) is 0 Å². The average molecular weight is 274 g/mol. The molecule has 0 saturated carbocycles. The van der Waals surface area contributed by atoms with Gasteiger partial charge < -0.3 is 10.0 Å². The maximum absolute atomic E-state index is 13.0. The molecule has 1 amide bonds. The van der Waals surface area contributed by atoms with E-state index in [1.807, 2.05) is 6.92 Å². The molecule has 0 atom stereocenters. The first-order valence-electron chi connectivity index (χ1n) is 5.71. The predicted octanol–water partition coefficient (Wildman–Crippen LogP) is 2.71. The lowest BCUT2D eigenvalue weighted by Crippen LogP contribution is -2.42. The summed E-state index contributed by atoms with van der Waals surface area (Å²) < 4.78 is 13.0. The van der Waals surface area contributed by atoms with Crippen molar-refractivity contribution in [3.8, 4) is 0 Å². The third kappa shape index (κ3) is 3.96. The van der Waals surface area contributed by atoms with Gasteiger partial charge in [0.05, 0.1) is 10.6 Å². The van der Waals surface area contributed by atoms with E-state index in [1.165, 1.54) is 17.0 Å². The Labute approximate surface area is 111 Å². The Balaban J connectivity index is 2.93. The van der Waals surface area contributed by atoms with Crippen LogP contribution in [0.1, 0.15) is 31.1 Å². The van der Waals surface area contributed by atoms with Crippen LogP contribution < -0.4 is 0 Å². The maximum Gasteiger partial charge on any atom is 0.253 e. The van der Waals surface area contributed by atoms with Crippen LogP contribution in [0.25, 0.3) is 0 Å². The van der Waals surface area contributed by atoms with Gasteiger partial charge in [0.2, 0.25) is 0 Å². The number of amides is 1. The number of aliphatic hydroxyl groups is 1. The van der Waals surface area contributed by atoms with E-state index < -0.39 is 11.4 Å². The highest BCUT2D eigenvalue weighted by atomic mass is 35.5. The molecule has 1 rings (SSSR count). The molecular weight excluding hydrogens is 257 g/mol. The Morgan fingerprint density at radius 2 is 2.11 bits per heavy atom. The quantitative estimate of drug-likeness (QED) is 0.916. The summed E-state index contributed by atoms with van der Waals surface area (Å²) in [5.74, 6) is -0.833. The maximum atomic E-state index is 13.0. The molecule has 0 aliphatic heterocycles. The summed E-state index contributed by atoms with van der Waals surface area (Å²) in [5.41, 5.74) is -0.664. The highest BCUT2D eigenvalue weighted by Gasteiger charge is 2.22. The van der Waals surface area contributed by atoms with Crippen LogP contribution in [0.4, 0.5) is 4.39 Å². The number of halogens is 2. The van der Waals surface area contributed by atoms with E-state index >= 15 is 0 Å². The second kappa shape index (κ2) is 5.67. The number of carbonyl (C=O) groups is 1. The largest absolute Gasteiger partial charge is 0.389 e. The van der Waals surface area contributed by atoms with Crippen molar-refractivity contribution >= 4 is 17.5 Å². The van der Waals surface area contributed by atoms with Crippen molar-refractivity contribution in [1.82, 2.24) is 4.90 Å². The third-order valence-corrected chi connectivity index (χ3v) is 2.70. The summed E-state index contributed by atoms with van der Waals surface area (Å²) >= 11 is 5.64. The molecule has 0 saturated heterocycles. The van der Waals surface area contributed by atoms with Crippen LogP contribution in [-0.4, -0.2) is 34.6 Å². The smallest absolute Gasteiger partial charge is 0.253 e. The summed E-state index contributed by atoms with van der Waals surface area (Å²) in [5, 5.41) is 9.65. The van der Waals surface area contributed by atoms with E-state index in [1.54, 1.807) is 13.8 Å². The highest BCUT2D eigenvalue weighted by Crippen LogP contribution is 2.18. The zero-order valence-electron chi connectivity index (χ0n) is 10.7. The van der Waals surface area contributed by atoms with Crippen molar-refractivity contribution in [2.75, 3.05) is 13.1 Å². The summed E-state index contributed by atoms with van der Waals surface area (Å²) in [6, 6.07) is 3.84. The molecule has 0 aliphatic rings. The Bertz CT molecular complexity index is 443. The van der Waals surface area contributed by atoms with Gasteiger partial charge in [-0.25, -0.2) is 4.39 Å². The predicted molar refractivity (Wildman–Crippen MR) is 69.3 cm³/mol. The van der Waals surface area contributed by atoms with E-state index in [0.717, 1.165) is 6.07 Å². The number of hydrogen-bond acceptors (Lipinski definition) is 2. The van der Waals surface area contributed by atoms with Gasteiger partial charge in [0, 0.05) is 18.7 Å². The van der Waals surface area contributed by atoms with Gasteiger partial charge in [-0.05, 0) is 39.0 Å². The standard InChI is InChI=1S/C13H17ClFNO2/c1-4-16(8-13(2,3)18)12(17)9-5-6-11(15)10(14)7-9/h5-7,18H,4,8H2,1-3H3. The summed E-state index contributed by atoms with van der Waals surface area (Å²) in [6.07, 6.45) is 0. The second-order valence-electron chi connectivity index (χ2n) is 4.76. The Hall–Kier alpha value is -1.13. The Morgan fingerprint density at radius 1 is 1.50 bits per heavy atom. The number of rotatable bonds is 4. The van der Waals surface area contributed by atoms with E-state index in [2.05, 4.69) is 0 Å². The molecule has 0 spiro atoms. The van der Waals surface area contributed by atoms with Gasteiger partial charge in [-0.15, -0.1) is 0 Å². The Kier molecular flexibility index (Phi) is 4.71. The SMILES string of the molecule is CCN(CC(C)(C)O)C(=O)c1ccc(F)c(Cl)c1. The van der Waals surface area contributed by atoms with Crippen molar-refractivity contribution in [2.45, 2.75) is 26.4 Å². The van der Waals surface area contributed by atoms with Crippen LogP contribution in [0.2, 0.25) is 5.02 Å². The zero-order chi connectivity index (χ0) is 13.9. The van der Waals surface area contributed by atoms with Gasteiger partial charge in [-0.2, -0.15) is 0 Å². The minimum atomic E-state index is -0.977. The lowest BCUT2D eigenvalue weighted by atomic mass is 10.1. The van der Waals surface area contributed by atoms with Gasteiger partial charge >= 0.3 is 0 Å². The molecule has 1 N–H and O–H groups in total. The minimum Gasteiger partial charge on any atom is -0.389 e. The molecule has 1 aromatic carbocycles. The lowest BCUT2D eigenvalue weighted by Gasteiger charge is -2.28. The fourth-order valence-electron chi connectivity index (χ4n) is 1.61. The molecule has 0 fully saturated rings. The van der Waals surface area contributed by atoms with Crippen LogP contribution in [0.5, 0.6) is 0 Å². The van der Waals surface area contributed by atoms with Crippen LogP contribution in [0, 0.1) is 5.82 Å². The molecule has 0 bridgehead atoms. The molecule has 0 heterocycles. The van der Waals surface area contributed by atoms with Crippen molar-refractivity contribution in [3.05, 3.63) is 34.6 Å². The van der Waals surface area contributed by atoms with Crippen molar-refractivity contribution in [1.29, 1.82) is 0 Å². The molecule has 0 aromatic heterocycles. The van der Waals surface area contributed by atoms with Crippen LogP contribution >= 0.6 is 11.6 Å². The van der Waals surface area contributed by atoms with Gasteiger partial charge in [0.25, 0.3) is 5.91 Å². The average Bonchev–Trinajstić information content (AvgIpc) is 2.27.